The Kier molecular flexibility index (Phi) is 17.5. The zero-order chi connectivity index (χ0) is 57.0. The van der Waals surface area contributed by atoms with Crippen molar-refractivity contribution in [3.63, 3.8) is 0 Å². The molecule has 0 unspecified atom stereocenters. The molecule has 8 fully saturated rings. The molecular weight excluding hydrogens is 1030 g/mol. The lowest BCUT2D eigenvalue weighted by Crippen LogP contribution is -2.69. The maximum absolute atomic E-state index is 14.8. The lowest BCUT2D eigenvalue weighted by Gasteiger charge is -2.71. The van der Waals surface area contributed by atoms with Gasteiger partial charge in [-0.25, -0.2) is 0 Å². The molecule has 9 aliphatic rings. The fourth-order valence-electron chi connectivity index (χ4n) is 16.5. The highest BCUT2D eigenvalue weighted by molar-refractivity contribution is 5.79. The van der Waals surface area contributed by atoms with E-state index in [1.807, 2.05) is 6.92 Å². The van der Waals surface area contributed by atoms with Crippen molar-refractivity contribution in [3.8, 4) is 0 Å². The van der Waals surface area contributed by atoms with Crippen LogP contribution in [0.3, 0.4) is 0 Å². The van der Waals surface area contributed by atoms with Crippen LogP contribution in [0.15, 0.2) is 11.6 Å². The van der Waals surface area contributed by atoms with Gasteiger partial charge in [-0.15, -0.1) is 0 Å². The van der Waals surface area contributed by atoms with Gasteiger partial charge in [-0.1, -0.05) is 53.2 Å². The summed E-state index contributed by atoms with van der Waals surface area (Å²) in [6.45, 7) is 9.78. The SMILES string of the molecule is CC1(C)CC[C@@]2(C(=O)O[C@@H]3O[C@H](CO)[C@@H](O)[C@H](O)[C@H]3O)CC[C@@]3(C)C(=CC[C@@H]4[C@@]5(C)CC[C@H](O[C@@H]6O[C@H](CO)[C@@H](O)[C@H](O[C@@H]7O[C@H](CO)[C@@H](O)[C@H](O)[C@H]7O)[C@H]6O[C@@H]6O[C@H](CO)[C@@H](O)[C@H](O)[C@H]6O)[C@@](C)(CO)[C@@H]5CC[C@]43C)[C@@H]2C1. The third kappa shape index (κ3) is 9.76. The minimum Gasteiger partial charge on any atom is -0.432 e. The van der Waals surface area contributed by atoms with E-state index < -0.39 is 183 Å². The molecule has 29 atom stereocenters. The predicted molar refractivity (Wildman–Crippen MR) is 264 cm³/mol. The summed E-state index contributed by atoms with van der Waals surface area (Å²) >= 11 is 0. The van der Waals surface area contributed by atoms with Crippen molar-refractivity contribution in [2.24, 2.45) is 50.2 Å². The Morgan fingerprint density at radius 2 is 1.01 bits per heavy atom. The number of carbonyl (C=O) groups is 1. The summed E-state index contributed by atoms with van der Waals surface area (Å²) in [5.41, 5.74) is -2.09. The zero-order valence-electron chi connectivity index (χ0n) is 45.4. The van der Waals surface area contributed by atoms with Crippen LogP contribution in [0.4, 0.5) is 0 Å². The van der Waals surface area contributed by atoms with E-state index in [2.05, 4.69) is 40.7 Å². The summed E-state index contributed by atoms with van der Waals surface area (Å²) < 4.78 is 48.7. The Morgan fingerprint density at radius 3 is 1.55 bits per heavy atom. The van der Waals surface area contributed by atoms with Gasteiger partial charge in [0.05, 0.1) is 44.6 Å². The van der Waals surface area contributed by atoms with Crippen LogP contribution in [0.5, 0.6) is 0 Å². The molecule has 4 heterocycles. The van der Waals surface area contributed by atoms with Crippen LogP contribution in [0, 0.1) is 50.2 Å². The number of aliphatic hydroxyl groups is 15. The molecule has 4 aliphatic heterocycles. The Bertz CT molecular complexity index is 2130. The van der Waals surface area contributed by atoms with Crippen LogP contribution in [0.25, 0.3) is 0 Å². The largest absolute Gasteiger partial charge is 0.432 e. The number of allylic oxidation sites excluding steroid dienone is 2. The third-order valence-electron chi connectivity index (χ3n) is 21.6. The predicted octanol–water partition coefficient (Wildman–Crippen LogP) is -3.06. The highest BCUT2D eigenvalue weighted by Gasteiger charge is 2.71. The number of hydrogen-bond acceptors (Lipinski definition) is 24. The first-order chi connectivity index (χ1) is 36.6. The van der Waals surface area contributed by atoms with Crippen LogP contribution in [0.1, 0.15) is 106 Å². The van der Waals surface area contributed by atoms with Crippen molar-refractivity contribution in [1.82, 2.24) is 0 Å². The van der Waals surface area contributed by atoms with E-state index in [9.17, 15) is 81.4 Å². The van der Waals surface area contributed by atoms with Crippen LogP contribution < -0.4 is 0 Å². The second-order valence-corrected chi connectivity index (χ2v) is 26.1. The number of hydrogen-bond donors (Lipinski definition) is 15. The van der Waals surface area contributed by atoms with E-state index in [0.717, 1.165) is 12.8 Å². The van der Waals surface area contributed by atoms with Crippen molar-refractivity contribution in [2.45, 2.75) is 235 Å². The molecule has 0 amide bonds. The molecule has 15 N–H and O–H groups in total. The van der Waals surface area contributed by atoms with Gasteiger partial charge in [0, 0.05) is 5.41 Å². The van der Waals surface area contributed by atoms with Gasteiger partial charge in [0.2, 0.25) is 6.29 Å². The summed E-state index contributed by atoms with van der Waals surface area (Å²) in [4.78, 5) is 14.8. The number of rotatable bonds is 13. The average Bonchev–Trinajstić information content (AvgIpc) is 3.41. The molecule has 5 aliphatic carbocycles. The van der Waals surface area contributed by atoms with E-state index in [1.165, 1.54) is 5.57 Å². The normalized spacial score (nSPS) is 54.1. The van der Waals surface area contributed by atoms with Crippen molar-refractivity contribution < 1.29 is 119 Å². The summed E-state index contributed by atoms with van der Waals surface area (Å²) in [6, 6.07) is 0. The van der Waals surface area contributed by atoms with Gasteiger partial charge >= 0.3 is 5.97 Å². The van der Waals surface area contributed by atoms with Gasteiger partial charge in [0.1, 0.15) is 97.7 Å². The van der Waals surface area contributed by atoms with Gasteiger partial charge in [-0.2, -0.15) is 0 Å². The first kappa shape index (κ1) is 60.9. The molecule has 0 aromatic rings. The van der Waals surface area contributed by atoms with Crippen LogP contribution in [0.2, 0.25) is 0 Å². The Morgan fingerprint density at radius 1 is 0.526 bits per heavy atom. The molecule has 0 bridgehead atoms. The Hall–Kier alpha value is -1.67. The summed E-state index contributed by atoms with van der Waals surface area (Å²) in [6.07, 6.45) is -26.8. The van der Waals surface area contributed by atoms with E-state index in [-0.39, 0.29) is 35.2 Å². The molecule has 4 saturated heterocycles. The fourth-order valence-corrected chi connectivity index (χ4v) is 16.5. The van der Waals surface area contributed by atoms with E-state index in [1.54, 1.807) is 0 Å². The maximum Gasteiger partial charge on any atom is 0.315 e. The van der Waals surface area contributed by atoms with Crippen LogP contribution in [-0.2, 0) is 42.7 Å². The quantitative estimate of drug-likeness (QED) is 0.0494. The molecule has 0 aromatic carbocycles. The zero-order valence-corrected chi connectivity index (χ0v) is 45.4. The number of ether oxygens (including phenoxy) is 8. The Balaban J connectivity index is 1.01. The van der Waals surface area contributed by atoms with Gasteiger partial charge < -0.3 is 114 Å². The molecule has 0 spiro atoms. The molecule has 448 valence electrons. The molecule has 24 nitrogen and oxygen atoms in total. The van der Waals surface area contributed by atoms with Crippen molar-refractivity contribution >= 4 is 5.97 Å². The third-order valence-corrected chi connectivity index (χ3v) is 21.6. The monoisotopic (exact) mass is 1120 g/mol. The van der Waals surface area contributed by atoms with Crippen LogP contribution >= 0.6 is 0 Å². The summed E-state index contributed by atoms with van der Waals surface area (Å²) in [5, 5.41) is 161. The molecule has 78 heavy (non-hydrogen) atoms. The lowest BCUT2D eigenvalue weighted by atomic mass is 9.33. The van der Waals surface area contributed by atoms with Crippen molar-refractivity contribution in [1.29, 1.82) is 0 Å². The number of carbonyl (C=O) groups excluding carboxylic acids is 1. The maximum atomic E-state index is 14.8. The number of esters is 1. The highest BCUT2D eigenvalue weighted by atomic mass is 16.8. The number of aliphatic hydroxyl groups excluding tert-OH is 15. The smallest absolute Gasteiger partial charge is 0.315 e. The minimum absolute atomic E-state index is 0.0629. The fraction of sp³-hybridized carbons (Fsp3) is 0.944. The summed E-state index contributed by atoms with van der Waals surface area (Å²) in [7, 11) is 0. The molecule has 24 heteroatoms. The summed E-state index contributed by atoms with van der Waals surface area (Å²) in [5.74, 6) is -0.919. The van der Waals surface area contributed by atoms with E-state index in [4.69, 9.17) is 37.9 Å². The second kappa shape index (κ2) is 22.4. The van der Waals surface area contributed by atoms with Gasteiger partial charge in [0.25, 0.3) is 0 Å². The van der Waals surface area contributed by atoms with Crippen molar-refractivity contribution in [2.75, 3.05) is 33.0 Å². The lowest BCUT2D eigenvalue weighted by molar-refractivity contribution is -0.400. The Labute approximate surface area is 453 Å². The average molecular weight is 1120 g/mol. The minimum atomic E-state index is -1.97. The first-order valence-electron chi connectivity index (χ1n) is 28.0. The number of fused-ring (bicyclic) bond motifs is 7. The van der Waals surface area contributed by atoms with Gasteiger partial charge in [-0.05, 0) is 104 Å². The van der Waals surface area contributed by atoms with Gasteiger partial charge in [0.15, 0.2) is 18.9 Å². The molecule has 0 aromatic heterocycles. The molecule has 4 saturated carbocycles. The van der Waals surface area contributed by atoms with Crippen molar-refractivity contribution in [3.05, 3.63) is 11.6 Å². The van der Waals surface area contributed by atoms with E-state index in [0.29, 0.717) is 51.4 Å². The van der Waals surface area contributed by atoms with Crippen LogP contribution in [-0.4, -0.2) is 245 Å². The first-order valence-corrected chi connectivity index (χ1v) is 28.0. The molecule has 9 rings (SSSR count). The van der Waals surface area contributed by atoms with Gasteiger partial charge in [-0.3, -0.25) is 4.79 Å². The van der Waals surface area contributed by atoms with E-state index >= 15 is 0 Å². The standard InChI is InChI=1S/C54H88O24/c1-49(2)13-15-54(48(70)78-46-41(69)38(66)34(62)27(20-57)73-46)16-14-52(5)23(24(54)17-49)7-8-30-50(3)11-10-31(51(4,22-59)29(50)9-12-53(30,52)6)75-47-43(77-45-40(68)37(65)33(61)26(19-56)72-45)42(35(63)28(21-58)74-47)76-44-39(67)36(64)32(60)25(18-55)71-44/h7,24-47,55-69H,8-22H2,1-6H3/t24-,25+,26+,27+,28+,29+,30+,31-,32+,33+,34+,35+,36-,37-,38-,39+,40+,41+,42-,43+,44-,45-,46-,47-,50-,51-,52-,53+,54+/m0/s1. The highest BCUT2D eigenvalue weighted by Crippen LogP contribution is 2.76. The molecule has 0 radical (unpaired) electrons. The molecular formula is C54H88O24. The topological polar surface area (TPSA) is 394 Å². The second-order valence-electron chi connectivity index (χ2n) is 26.1.